The number of amides is 1. The highest BCUT2D eigenvalue weighted by atomic mass is 16.5. The molecular weight excluding hydrogens is 316 g/mol. The van der Waals surface area contributed by atoms with Crippen LogP contribution in [0.5, 0.6) is 5.75 Å². The van der Waals surface area contributed by atoms with Gasteiger partial charge in [0, 0.05) is 38.6 Å². The highest BCUT2D eigenvalue weighted by Gasteiger charge is 2.22. The normalized spacial score (nSPS) is 14.5. The van der Waals surface area contributed by atoms with Crippen molar-refractivity contribution in [2.45, 2.75) is 20.3 Å². The highest BCUT2D eigenvalue weighted by molar-refractivity contribution is 5.76. The van der Waals surface area contributed by atoms with E-state index in [-0.39, 0.29) is 5.91 Å². The number of hydrogen-bond donors (Lipinski definition) is 0. The van der Waals surface area contributed by atoms with Crippen LogP contribution in [0.2, 0.25) is 0 Å². The molecule has 0 atom stereocenters. The standard InChI is InChI=1S/C19H24N4O2/c1-15-5-3-6-17(16(15)2)25-14-7-18(24)22-10-12-23(13-11-22)19-20-8-4-9-21-19/h3-6,8-9H,7,10-14H2,1-2H3. The first-order valence-electron chi connectivity index (χ1n) is 8.64. The third-order valence-corrected chi connectivity index (χ3v) is 4.60. The average molecular weight is 340 g/mol. The summed E-state index contributed by atoms with van der Waals surface area (Å²) < 4.78 is 5.79. The van der Waals surface area contributed by atoms with Crippen LogP contribution in [0.25, 0.3) is 0 Å². The molecule has 0 unspecified atom stereocenters. The van der Waals surface area contributed by atoms with Crippen molar-refractivity contribution in [2.24, 2.45) is 0 Å². The zero-order chi connectivity index (χ0) is 17.6. The molecule has 6 heteroatoms. The lowest BCUT2D eigenvalue weighted by molar-refractivity contribution is -0.132. The molecule has 1 saturated heterocycles. The van der Waals surface area contributed by atoms with Crippen LogP contribution in [0.3, 0.4) is 0 Å². The Labute approximate surface area is 148 Å². The predicted molar refractivity (Wildman–Crippen MR) is 96.9 cm³/mol. The Morgan fingerprint density at radius 3 is 2.52 bits per heavy atom. The van der Waals surface area contributed by atoms with E-state index in [9.17, 15) is 4.79 Å². The third kappa shape index (κ3) is 4.26. The van der Waals surface area contributed by atoms with E-state index >= 15 is 0 Å². The van der Waals surface area contributed by atoms with Crippen LogP contribution in [0.15, 0.2) is 36.7 Å². The van der Waals surface area contributed by atoms with Gasteiger partial charge in [0.15, 0.2) is 0 Å². The fourth-order valence-electron chi connectivity index (χ4n) is 2.90. The van der Waals surface area contributed by atoms with Crippen molar-refractivity contribution in [3.63, 3.8) is 0 Å². The Kier molecular flexibility index (Phi) is 5.48. The van der Waals surface area contributed by atoms with E-state index < -0.39 is 0 Å². The lowest BCUT2D eigenvalue weighted by Gasteiger charge is -2.34. The summed E-state index contributed by atoms with van der Waals surface area (Å²) in [6.07, 6.45) is 3.88. The Morgan fingerprint density at radius 1 is 1.08 bits per heavy atom. The van der Waals surface area contributed by atoms with Crippen LogP contribution in [0, 0.1) is 13.8 Å². The number of rotatable bonds is 5. The first-order chi connectivity index (χ1) is 12.1. The second kappa shape index (κ2) is 7.96. The van der Waals surface area contributed by atoms with Crippen LogP contribution in [0.1, 0.15) is 17.5 Å². The molecule has 25 heavy (non-hydrogen) atoms. The van der Waals surface area contributed by atoms with Gasteiger partial charge in [-0.15, -0.1) is 0 Å². The average Bonchev–Trinajstić information content (AvgIpc) is 2.66. The number of aryl methyl sites for hydroxylation is 1. The van der Waals surface area contributed by atoms with Crippen molar-refractivity contribution in [1.29, 1.82) is 0 Å². The number of aromatic nitrogens is 2. The summed E-state index contributed by atoms with van der Waals surface area (Å²) in [6, 6.07) is 7.79. The summed E-state index contributed by atoms with van der Waals surface area (Å²) in [6.45, 7) is 7.41. The zero-order valence-corrected chi connectivity index (χ0v) is 14.8. The second-order valence-corrected chi connectivity index (χ2v) is 6.21. The Morgan fingerprint density at radius 2 is 1.80 bits per heavy atom. The molecule has 2 heterocycles. The maximum absolute atomic E-state index is 12.4. The molecule has 132 valence electrons. The predicted octanol–water partition coefficient (Wildman–Crippen LogP) is 2.21. The van der Waals surface area contributed by atoms with E-state index in [2.05, 4.69) is 27.9 Å². The van der Waals surface area contributed by atoms with E-state index in [1.165, 1.54) is 5.56 Å². The smallest absolute Gasteiger partial charge is 0.226 e. The van der Waals surface area contributed by atoms with Crippen LogP contribution in [0.4, 0.5) is 5.95 Å². The molecule has 0 radical (unpaired) electrons. The lowest BCUT2D eigenvalue weighted by Crippen LogP contribution is -2.49. The number of carbonyl (C=O) groups is 1. The minimum absolute atomic E-state index is 0.138. The van der Waals surface area contributed by atoms with Gasteiger partial charge in [-0.2, -0.15) is 0 Å². The molecule has 0 bridgehead atoms. The fraction of sp³-hybridized carbons (Fsp3) is 0.421. The molecule has 1 amide bonds. The second-order valence-electron chi connectivity index (χ2n) is 6.21. The van der Waals surface area contributed by atoms with Gasteiger partial charge in [-0.25, -0.2) is 9.97 Å². The van der Waals surface area contributed by atoms with Gasteiger partial charge in [0.05, 0.1) is 13.0 Å². The van der Waals surface area contributed by atoms with Gasteiger partial charge in [0.2, 0.25) is 11.9 Å². The molecule has 1 aliphatic heterocycles. The summed E-state index contributed by atoms with van der Waals surface area (Å²) in [4.78, 5) is 24.9. The molecule has 6 nitrogen and oxygen atoms in total. The van der Waals surface area contributed by atoms with Gasteiger partial charge in [-0.1, -0.05) is 12.1 Å². The third-order valence-electron chi connectivity index (χ3n) is 4.60. The van der Waals surface area contributed by atoms with E-state index in [1.54, 1.807) is 18.5 Å². The number of nitrogens with zero attached hydrogens (tertiary/aromatic N) is 4. The van der Waals surface area contributed by atoms with Gasteiger partial charge in [0.25, 0.3) is 0 Å². The van der Waals surface area contributed by atoms with Crippen molar-refractivity contribution in [2.75, 3.05) is 37.7 Å². The number of benzene rings is 1. The summed E-state index contributed by atoms with van der Waals surface area (Å²) in [5, 5.41) is 0. The minimum Gasteiger partial charge on any atom is -0.493 e. The van der Waals surface area contributed by atoms with Gasteiger partial charge in [0.1, 0.15) is 5.75 Å². The molecule has 2 aromatic rings. The van der Waals surface area contributed by atoms with Crippen LogP contribution in [-0.2, 0) is 4.79 Å². The largest absolute Gasteiger partial charge is 0.493 e. The van der Waals surface area contributed by atoms with Crippen LogP contribution in [-0.4, -0.2) is 53.6 Å². The number of ether oxygens (including phenoxy) is 1. The van der Waals surface area contributed by atoms with Gasteiger partial charge in [-0.3, -0.25) is 4.79 Å². The molecule has 0 saturated carbocycles. The summed E-state index contributed by atoms with van der Waals surface area (Å²) in [5.74, 6) is 1.73. The summed E-state index contributed by atoms with van der Waals surface area (Å²) in [5.41, 5.74) is 2.33. The Bertz CT molecular complexity index is 713. The molecule has 0 spiro atoms. The number of anilines is 1. The molecular formula is C19H24N4O2. The fourth-order valence-corrected chi connectivity index (χ4v) is 2.90. The van der Waals surface area contributed by atoms with Crippen molar-refractivity contribution in [3.05, 3.63) is 47.8 Å². The number of carbonyl (C=O) groups excluding carboxylic acids is 1. The summed E-state index contributed by atoms with van der Waals surface area (Å²) in [7, 11) is 0. The lowest BCUT2D eigenvalue weighted by atomic mass is 10.1. The van der Waals surface area contributed by atoms with Crippen LogP contribution < -0.4 is 9.64 Å². The molecule has 1 aliphatic rings. The monoisotopic (exact) mass is 340 g/mol. The molecule has 1 fully saturated rings. The van der Waals surface area contributed by atoms with Crippen molar-refractivity contribution in [3.8, 4) is 5.75 Å². The van der Waals surface area contributed by atoms with E-state index in [0.717, 1.165) is 30.4 Å². The van der Waals surface area contributed by atoms with Crippen molar-refractivity contribution >= 4 is 11.9 Å². The van der Waals surface area contributed by atoms with Crippen molar-refractivity contribution in [1.82, 2.24) is 14.9 Å². The first-order valence-corrected chi connectivity index (χ1v) is 8.64. The molecule has 3 rings (SSSR count). The maximum atomic E-state index is 12.4. The van der Waals surface area contributed by atoms with Gasteiger partial charge in [-0.05, 0) is 37.1 Å². The van der Waals surface area contributed by atoms with E-state index in [0.29, 0.717) is 26.1 Å². The quantitative estimate of drug-likeness (QED) is 0.835. The Balaban J connectivity index is 1.44. The minimum atomic E-state index is 0.138. The highest BCUT2D eigenvalue weighted by Crippen LogP contribution is 2.20. The summed E-state index contributed by atoms with van der Waals surface area (Å²) >= 11 is 0. The van der Waals surface area contributed by atoms with E-state index in [1.807, 2.05) is 24.0 Å². The molecule has 1 aromatic carbocycles. The first kappa shape index (κ1) is 17.2. The van der Waals surface area contributed by atoms with Crippen LogP contribution >= 0.6 is 0 Å². The topological polar surface area (TPSA) is 58.6 Å². The SMILES string of the molecule is Cc1cccc(OCCC(=O)N2CCN(c3ncccn3)CC2)c1C. The number of piperazine rings is 1. The van der Waals surface area contributed by atoms with Gasteiger partial charge < -0.3 is 14.5 Å². The molecule has 0 aliphatic carbocycles. The number of hydrogen-bond acceptors (Lipinski definition) is 5. The Hall–Kier alpha value is -2.63. The zero-order valence-electron chi connectivity index (χ0n) is 14.8. The molecule has 1 aromatic heterocycles. The molecule has 0 N–H and O–H groups in total. The van der Waals surface area contributed by atoms with Gasteiger partial charge >= 0.3 is 0 Å². The maximum Gasteiger partial charge on any atom is 0.226 e. The van der Waals surface area contributed by atoms with E-state index in [4.69, 9.17) is 4.74 Å². The van der Waals surface area contributed by atoms with Crippen molar-refractivity contribution < 1.29 is 9.53 Å².